The topological polar surface area (TPSA) is 74.6 Å². The number of carbonyl (C=O) groups excluding carboxylic acids is 1. The molecule has 146 valence electrons. The minimum atomic E-state index is -0.323. The zero-order valence-electron chi connectivity index (χ0n) is 16.5. The van der Waals surface area contributed by atoms with Gasteiger partial charge in [0.1, 0.15) is 17.1 Å². The summed E-state index contributed by atoms with van der Waals surface area (Å²) in [4.78, 5) is 12.7. The summed E-state index contributed by atoms with van der Waals surface area (Å²) in [5, 5.41) is 6.98. The van der Waals surface area contributed by atoms with Gasteiger partial charge < -0.3 is 19.5 Å². The first-order chi connectivity index (χ1) is 12.8. The SMILES string of the molecule is COC(C)CCOc1cc(C(=O)Nc2ccn(C)n2)cc2c1CC(C)(C)O2. The summed E-state index contributed by atoms with van der Waals surface area (Å²) in [6.07, 6.45) is 3.39. The highest BCUT2D eigenvalue weighted by molar-refractivity contribution is 6.04. The van der Waals surface area contributed by atoms with Crippen LogP contribution in [0.1, 0.15) is 43.1 Å². The first-order valence-electron chi connectivity index (χ1n) is 9.10. The van der Waals surface area contributed by atoms with Crippen LogP contribution >= 0.6 is 0 Å². The zero-order valence-corrected chi connectivity index (χ0v) is 16.5. The summed E-state index contributed by atoms with van der Waals surface area (Å²) in [7, 11) is 3.48. The van der Waals surface area contributed by atoms with Gasteiger partial charge in [-0.25, -0.2) is 0 Å². The number of nitrogens with zero attached hydrogens (tertiary/aromatic N) is 2. The van der Waals surface area contributed by atoms with Crippen LogP contribution in [0.25, 0.3) is 0 Å². The number of methoxy groups -OCH3 is 1. The highest BCUT2D eigenvalue weighted by atomic mass is 16.5. The average molecular weight is 373 g/mol. The Bertz CT molecular complexity index is 829. The van der Waals surface area contributed by atoms with E-state index in [1.165, 1.54) is 0 Å². The fraction of sp³-hybridized carbons (Fsp3) is 0.500. The Labute approximate surface area is 159 Å². The van der Waals surface area contributed by atoms with Gasteiger partial charge in [0.05, 0.1) is 12.7 Å². The molecular weight excluding hydrogens is 346 g/mol. The maximum absolute atomic E-state index is 12.7. The first kappa shape index (κ1) is 19.2. The van der Waals surface area contributed by atoms with Crippen LogP contribution in [0.2, 0.25) is 0 Å². The molecule has 0 saturated carbocycles. The van der Waals surface area contributed by atoms with Gasteiger partial charge in [0.15, 0.2) is 5.82 Å². The van der Waals surface area contributed by atoms with Crippen LogP contribution < -0.4 is 14.8 Å². The Hall–Kier alpha value is -2.54. The van der Waals surface area contributed by atoms with Crippen molar-refractivity contribution in [1.82, 2.24) is 9.78 Å². The number of aryl methyl sites for hydroxylation is 1. The third-order valence-corrected chi connectivity index (χ3v) is 4.56. The lowest BCUT2D eigenvalue weighted by Gasteiger charge is -2.16. The van der Waals surface area contributed by atoms with E-state index in [2.05, 4.69) is 10.4 Å². The average Bonchev–Trinajstić information content (AvgIpc) is 3.15. The molecule has 2 aromatic rings. The van der Waals surface area contributed by atoms with Gasteiger partial charge in [0.2, 0.25) is 0 Å². The van der Waals surface area contributed by atoms with E-state index < -0.39 is 0 Å². The normalized spacial score (nSPS) is 15.7. The molecule has 7 nitrogen and oxygen atoms in total. The second-order valence-corrected chi connectivity index (χ2v) is 7.50. The molecule has 0 saturated heterocycles. The van der Waals surface area contributed by atoms with Crippen molar-refractivity contribution in [1.29, 1.82) is 0 Å². The van der Waals surface area contributed by atoms with Crippen molar-refractivity contribution in [3.63, 3.8) is 0 Å². The number of amides is 1. The van der Waals surface area contributed by atoms with Gasteiger partial charge in [0, 0.05) is 50.4 Å². The van der Waals surface area contributed by atoms with E-state index in [-0.39, 0.29) is 17.6 Å². The molecule has 2 heterocycles. The van der Waals surface area contributed by atoms with Crippen molar-refractivity contribution in [3.8, 4) is 11.5 Å². The smallest absolute Gasteiger partial charge is 0.257 e. The van der Waals surface area contributed by atoms with E-state index in [1.807, 2.05) is 20.8 Å². The third kappa shape index (κ3) is 4.60. The van der Waals surface area contributed by atoms with Crippen LogP contribution in [0.5, 0.6) is 11.5 Å². The minimum absolute atomic E-state index is 0.112. The van der Waals surface area contributed by atoms with Crippen LogP contribution in [0.3, 0.4) is 0 Å². The van der Waals surface area contributed by atoms with Crippen molar-refractivity contribution >= 4 is 11.7 Å². The van der Waals surface area contributed by atoms with E-state index >= 15 is 0 Å². The number of benzene rings is 1. The van der Waals surface area contributed by atoms with Gasteiger partial charge in [-0.2, -0.15) is 5.10 Å². The molecule has 1 N–H and O–H groups in total. The largest absolute Gasteiger partial charge is 0.493 e. The zero-order chi connectivity index (χ0) is 19.6. The molecule has 7 heteroatoms. The number of aromatic nitrogens is 2. The third-order valence-electron chi connectivity index (χ3n) is 4.56. The van der Waals surface area contributed by atoms with Crippen molar-refractivity contribution < 1.29 is 19.0 Å². The molecule has 1 amide bonds. The molecule has 0 spiro atoms. The Balaban J connectivity index is 1.82. The number of hydrogen-bond acceptors (Lipinski definition) is 5. The molecule has 1 aliphatic heterocycles. The Morgan fingerprint density at radius 1 is 1.44 bits per heavy atom. The maximum Gasteiger partial charge on any atom is 0.257 e. The van der Waals surface area contributed by atoms with Gasteiger partial charge in [-0.05, 0) is 32.9 Å². The number of nitrogens with one attached hydrogen (secondary N) is 1. The standard InChI is InChI=1S/C20H27N3O4/c1-13(25-5)7-9-26-16-10-14(11-17-15(16)12-20(2,3)27-17)19(24)21-18-6-8-23(4)22-18/h6,8,10-11,13H,7,9,12H2,1-5H3,(H,21,22,24). The number of hydrogen-bond donors (Lipinski definition) is 1. The molecule has 1 unspecified atom stereocenters. The Morgan fingerprint density at radius 2 is 2.22 bits per heavy atom. The van der Waals surface area contributed by atoms with Gasteiger partial charge in [0.25, 0.3) is 5.91 Å². The molecule has 0 fully saturated rings. The van der Waals surface area contributed by atoms with E-state index in [0.29, 0.717) is 29.5 Å². The van der Waals surface area contributed by atoms with Crippen molar-refractivity contribution in [3.05, 3.63) is 35.5 Å². The predicted octanol–water partition coefficient (Wildman–Crippen LogP) is 3.19. The van der Waals surface area contributed by atoms with Crippen LogP contribution in [-0.4, -0.2) is 41.1 Å². The summed E-state index contributed by atoms with van der Waals surface area (Å²) >= 11 is 0. The lowest BCUT2D eigenvalue weighted by molar-refractivity contribution is 0.0951. The van der Waals surface area contributed by atoms with Crippen LogP contribution in [0, 0.1) is 0 Å². The molecule has 1 atom stereocenters. The summed E-state index contributed by atoms with van der Waals surface area (Å²) in [5.74, 6) is 1.64. The molecule has 0 radical (unpaired) electrons. The van der Waals surface area contributed by atoms with E-state index in [9.17, 15) is 4.79 Å². The number of rotatable bonds is 7. The summed E-state index contributed by atoms with van der Waals surface area (Å²) < 4.78 is 18.9. The summed E-state index contributed by atoms with van der Waals surface area (Å²) in [6, 6.07) is 5.29. The van der Waals surface area contributed by atoms with Crippen molar-refractivity contribution in [2.75, 3.05) is 19.0 Å². The summed E-state index contributed by atoms with van der Waals surface area (Å²) in [6.45, 7) is 6.55. The molecule has 27 heavy (non-hydrogen) atoms. The van der Waals surface area contributed by atoms with Gasteiger partial charge >= 0.3 is 0 Å². The van der Waals surface area contributed by atoms with Crippen molar-refractivity contribution in [2.24, 2.45) is 7.05 Å². The highest BCUT2D eigenvalue weighted by Gasteiger charge is 2.33. The summed E-state index contributed by atoms with van der Waals surface area (Å²) in [5.41, 5.74) is 1.16. The highest BCUT2D eigenvalue weighted by Crippen LogP contribution is 2.41. The van der Waals surface area contributed by atoms with Gasteiger partial charge in [-0.1, -0.05) is 0 Å². The predicted molar refractivity (Wildman–Crippen MR) is 103 cm³/mol. The lowest BCUT2D eigenvalue weighted by atomic mass is 9.99. The molecule has 1 aromatic carbocycles. The van der Waals surface area contributed by atoms with Crippen LogP contribution in [0.4, 0.5) is 5.82 Å². The van der Waals surface area contributed by atoms with Crippen LogP contribution in [0.15, 0.2) is 24.4 Å². The second kappa shape index (κ2) is 7.60. The number of ether oxygens (including phenoxy) is 3. The number of carbonyl (C=O) groups is 1. The van der Waals surface area contributed by atoms with E-state index in [0.717, 1.165) is 18.4 Å². The molecule has 3 rings (SSSR count). The number of anilines is 1. The molecule has 0 bridgehead atoms. The Kier molecular flexibility index (Phi) is 5.41. The molecule has 1 aromatic heterocycles. The molecule has 1 aliphatic rings. The lowest BCUT2D eigenvalue weighted by Crippen LogP contribution is -2.24. The molecular formula is C20H27N3O4. The Morgan fingerprint density at radius 3 is 2.89 bits per heavy atom. The maximum atomic E-state index is 12.7. The quantitative estimate of drug-likeness (QED) is 0.807. The van der Waals surface area contributed by atoms with E-state index in [4.69, 9.17) is 14.2 Å². The minimum Gasteiger partial charge on any atom is -0.493 e. The second-order valence-electron chi connectivity index (χ2n) is 7.50. The van der Waals surface area contributed by atoms with Crippen molar-refractivity contribution in [2.45, 2.75) is 45.3 Å². The van der Waals surface area contributed by atoms with E-state index in [1.54, 1.807) is 43.2 Å². The van der Waals surface area contributed by atoms with Crippen LogP contribution in [-0.2, 0) is 18.2 Å². The van der Waals surface area contributed by atoms with Gasteiger partial charge in [-0.3, -0.25) is 9.48 Å². The number of fused-ring (bicyclic) bond motifs is 1. The molecule has 0 aliphatic carbocycles. The first-order valence-corrected chi connectivity index (χ1v) is 9.10. The fourth-order valence-corrected chi connectivity index (χ4v) is 3.03. The monoisotopic (exact) mass is 373 g/mol. The fourth-order valence-electron chi connectivity index (χ4n) is 3.03. The van der Waals surface area contributed by atoms with Gasteiger partial charge in [-0.15, -0.1) is 0 Å².